The summed E-state index contributed by atoms with van der Waals surface area (Å²) in [7, 11) is 0. The van der Waals surface area contributed by atoms with Gasteiger partial charge in [0, 0.05) is 13.1 Å². The molecule has 5 nitrogen and oxygen atoms in total. The summed E-state index contributed by atoms with van der Waals surface area (Å²) in [5, 5.41) is 12.6. The maximum atomic E-state index is 12.9. The van der Waals surface area contributed by atoms with Gasteiger partial charge in [0.15, 0.2) is 0 Å². The number of piperidine rings is 1. The molecule has 3 atom stereocenters. The predicted octanol–water partition coefficient (Wildman–Crippen LogP) is 0.374. The molecule has 0 aromatic carbocycles. The van der Waals surface area contributed by atoms with E-state index in [0.29, 0.717) is 13.2 Å². The molecule has 0 spiro atoms. The second-order valence-corrected chi connectivity index (χ2v) is 5.86. The van der Waals surface area contributed by atoms with E-state index in [1.807, 2.05) is 11.8 Å². The van der Waals surface area contributed by atoms with Crippen molar-refractivity contribution in [3.8, 4) is 0 Å². The standard InChI is InChI=1S/C14H26N2O3/c1-3-14(5-4-6-15-10-14)13(18)16-7-12(8-17)19-9-11(16)2/h11-12,15,17H,3-10H2,1-2H3. The number of morpholine rings is 1. The van der Waals surface area contributed by atoms with Gasteiger partial charge in [-0.2, -0.15) is 0 Å². The Labute approximate surface area is 115 Å². The van der Waals surface area contributed by atoms with Crippen molar-refractivity contribution in [3.63, 3.8) is 0 Å². The molecule has 110 valence electrons. The summed E-state index contributed by atoms with van der Waals surface area (Å²) >= 11 is 0. The van der Waals surface area contributed by atoms with Gasteiger partial charge in [-0.25, -0.2) is 0 Å². The zero-order valence-corrected chi connectivity index (χ0v) is 12.0. The molecule has 0 radical (unpaired) electrons. The maximum absolute atomic E-state index is 12.9. The van der Waals surface area contributed by atoms with E-state index < -0.39 is 0 Å². The summed E-state index contributed by atoms with van der Waals surface area (Å²) in [4.78, 5) is 14.8. The molecule has 0 bridgehead atoms. The monoisotopic (exact) mass is 270 g/mol. The first-order valence-electron chi connectivity index (χ1n) is 7.37. The molecular weight excluding hydrogens is 244 g/mol. The average molecular weight is 270 g/mol. The molecule has 0 aromatic rings. The van der Waals surface area contributed by atoms with Crippen LogP contribution in [0.15, 0.2) is 0 Å². The highest BCUT2D eigenvalue weighted by molar-refractivity contribution is 5.83. The van der Waals surface area contributed by atoms with Crippen molar-refractivity contribution in [3.05, 3.63) is 0 Å². The van der Waals surface area contributed by atoms with E-state index in [9.17, 15) is 9.90 Å². The summed E-state index contributed by atoms with van der Waals surface area (Å²) in [6.45, 7) is 6.91. The van der Waals surface area contributed by atoms with Crippen molar-refractivity contribution < 1.29 is 14.6 Å². The van der Waals surface area contributed by atoms with E-state index in [0.717, 1.165) is 32.4 Å². The number of carbonyl (C=O) groups is 1. The lowest BCUT2D eigenvalue weighted by molar-refractivity contribution is -0.158. The van der Waals surface area contributed by atoms with E-state index in [4.69, 9.17) is 4.74 Å². The van der Waals surface area contributed by atoms with Crippen molar-refractivity contribution in [2.24, 2.45) is 5.41 Å². The molecule has 2 fully saturated rings. The molecule has 1 amide bonds. The quantitative estimate of drug-likeness (QED) is 0.778. The fraction of sp³-hybridized carbons (Fsp3) is 0.929. The van der Waals surface area contributed by atoms with Gasteiger partial charge in [-0.3, -0.25) is 4.79 Å². The van der Waals surface area contributed by atoms with Crippen LogP contribution in [0.3, 0.4) is 0 Å². The largest absolute Gasteiger partial charge is 0.394 e. The fourth-order valence-electron chi connectivity index (χ4n) is 3.12. The number of hydrogen-bond acceptors (Lipinski definition) is 4. The Morgan fingerprint density at radius 1 is 1.58 bits per heavy atom. The molecule has 0 aromatic heterocycles. The topological polar surface area (TPSA) is 61.8 Å². The zero-order chi connectivity index (χ0) is 13.9. The number of hydrogen-bond donors (Lipinski definition) is 2. The van der Waals surface area contributed by atoms with Gasteiger partial charge in [-0.1, -0.05) is 6.92 Å². The fourth-order valence-corrected chi connectivity index (χ4v) is 3.12. The van der Waals surface area contributed by atoms with Gasteiger partial charge in [0.2, 0.25) is 5.91 Å². The molecular formula is C14H26N2O3. The van der Waals surface area contributed by atoms with E-state index in [1.165, 1.54) is 0 Å². The van der Waals surface area contributed by atoms with E-state index >= 15 is 0 Å². The Morgan fingerprint density at radius 2 is 2.37 bits per heavy atom. The summed E-state index contributed by atoms with van der Waals surface area (Å²) in [5.74, 6) is 0.233. The Hall–Kier alpha value is -0.650. The summed E-state index contributed by atoms with van der Waals surface area (Å²) in [5.41, 5.74) is -0.260. The minimum absolute atomic E-state index is 0.0200. The lowest BCUT2D eigenvalue weighted by Crippen LogP contribution is -2.59. The second-order valence-electron chi connectivity index (χ2n) is 5.86. The molecule has 5 heteroatoms. The Kier molecular flexibility index (Phi) is 4.81. The van der Waals surface area contributed by atoms with Crippen LogP contribution < -0.4 is 5.32 Å². The van der Waals surface area contributed by atoms with Crippen LogP contribution in [0.4, 0.5) is 0 Å². The minimum Gasteiger partial charge on any atom is -0.394 e. The van der Waals surface area contributed by atoms with Gasteiger partial charge < -0.3 is 20.1 Å². The van der Waals surface area contributed by atoms with Crippen LogP contribution in [-0.4, -0.2) is 60.9 Å². The molecule has 2 saturated heterocycles. The van der Waals surface area contributed by atoms with Crippen molar-refractivity contribution in [1.29, 1.82) is 0 Å². The highest BCUT2D eigenvalue weighted by Crippen LogP contribution is 2.33. The Morgan fingerprint density at radius 3 is 2.95 bits per heavy atom. The SMILES string of the molecule is CCC1(C(=O)N2CC(CO)OCC2C)CCCNC1. The van der Waals surface area contributed by atoms with Crippen LogP contribution in [0.5, 0.6) is 0 Å². The van der Waals surface area contributed by atoms with Gasteiger partial charge in [0.05, 0.1) is 30.8 Å². The summed E-state index contributed by atoms with van der Waals surface area (Å²) in [6, 6.07) is 0.0978. The Bertz CT molecular complexity index is 316. The van der Waals surface area contributed by atoms with Crippen molar-refractivity contribution in [1.82, 2.24) is 10.2 Å². The number of nitrogens with one attached hydrogen (secondary N) is 1. The van der Waals surface area contributed by atoms with Crippen molar-refractivity contribution >= 4 is 5.91 Å². The normalized spacial score (nSPS) is 36.3. The van der Waals surface area contributed by atoms with Crippen LogP contribution in [-0.2, 0) is 9.53 Å². The summed E-state index contributed by atoms with van der Waals surface area (Å²) in [6.07, 6.45) is 2.66. The van der Waals surface area contributed by atoms with Crippen molar-refractivity contribution in [2.45, 2.75) is 45.3 Å². The molecule has 2 N–H and O–H groups in total. The number of aliphatic hydroxyl groups is 1. The highest BCUT2D eigenvalue weighted by atomic mass is 16.5. The van der Waals surface area contributed by atoms with Crippen LogP contribution in [0.2, 0.25) is 0 Å². The van der Waals surface area contributed by atoms with Gasteiger partial charge in [-0.05, 0) is 32.7 Å². The van der Waals surface area contributed by atoms with Crippen LogP contribution >= 0.6 is 0 Å². The molecule has 2 aliphatic heterocycles. The number of carbonyl (C=O) groups excluding carboxylic acids is 1. The van der Waals surface area contributed by atoms with Crippen molar-refractivity contribution in [2.75, 3.05) is 32.8 Å². The first-order chi connectivity index (χ1) is 9.13. The molecule has 3 unspecified atom stereocenters. The lowest BCUT2D eigenvalue weighted by atomic mass is 9.76. The van der Waals surface area contributed by atoms with Gasteiger partial charge in [0.25, 0.3) is 0 Å². The average Bonchev–Trinajstić information content (AvgIpc) is 2.47. The number of nitrogens with zero attached hydrogens (tertiary/aromatic N) is 1. The first-order valence-corrected chi connectivity index (χ1v) is 7.37. The van der Waals surface area contributed by atoms with E-state index in [-0.39, 0.29) is 30.1 Å². The smallest absolute Gasteiger partial charge is 0.230 e. The van der Waals surface area contributed by atoms with Crippen LogP contribution in [0, 0.1) is 5.41 Å². The zero-order valence-electron chi connectivity index (χ0n) is 12.0. The molecule has 2 rings (SSSR count). The molecule has 0 aliphatic carbocycles. The van der Waals surface area contributed by atoms with Crippen LogP contribution in [0.1, 0.15) is 33.1 Å². The highest BCUT2D eigenvalue weighted by Gasteiger charge is 2.43. The van der Waals surface area contributed by atoms with E-state index in [2.05, 4.69) is 12.2 Å². The third-order valence-electron chi connectivity index (χ3n) is 4.57. The predicted molar refractivity (Wildman–Crippen MR) is 72.8 cm³/mol. The molecule has 2 aliphatic rings. The van der Waals surface area contributed by atoms with Gasteiger partial charge >= 0.3 is 0 Å². The minimum atomic E-state index is -0.260. The van der Waals surface area contributed by atoms with Crippen LogP contribution in [0.25, 0.3) is 0 Å². The molecule has 19 heavy (non-hydrogen) atoms. The van der Waals surface area contributed by atoms with Gasteiger partial charge in [-0.15, -0.1) is 0 Å². The van der Waals surface area contributed by atoms with Gasteiger partial charge in [0.1, 0.15) is 0 Å². The summed E-state index contributed by atoms with van der Waals surface area (Å²) < 4.78 is 5.51. The Balaban J connectivity index is 2.11. The number of ether oxygens (including phenoxy) is 1. The molecule has 2 heterocycles. The number of aliphatic hydroxyl groups excluding tert-OH is 1. The first kappa shape index (κ1) is 14.8. The lowest BCUT2D eigenvalue weighted by Gasteiger charge is -2.44. The van der Waals surface area contributed by atoms with E-state index in [1.54, 1.807) is 0 Å². The third-order valence-corrected chi connectivity index (χ3v) is 4.57. The third kappa shape index (κ3) is 2.93. The number of rotatable bonds is 3. The number of amides is 1. The second kappa shape index (κ2) is 6.20. The molecule has 0 saturated carbocycles. The maximum Gasteiger partial charge on any atom is 0.230 e.